The molecule has 2 N–H and O–H groups in total. The Kier molecular flexibility index (Phi) is 5.10. The SMILES string of the molecule is CCCC(C)N(C)c1cccc(Cl)c1CN. The lowest BCUT2D eigenvalue weighted by atomic mass is 10.1. The summed E-state index contributed by atoms with van der Waals surface area (Å²) >= 11 is 6.15. The number of anilines is 1. The van der Waals surface area contributed by atoms with Crippen molar-refractivity contribution in [2.24, 2.45) is 5.73 Å². The minimum atomic E-state index is 0.484. The number of hydrogen-bond acceptors (Lipinski definition) is 2. The highest BCUT2D eigenvalue weighted by Crippen LogP contribution is 2.28. The molecule has 0 radical (unpaired) electrons. The van der Waals surface area contributed by atoms with E-state index >= 15 is 0 Å². The van der Waals surface area contributed by atoms with Gasteiger partial charge in [0.15, 0.2) is 0 Å². The Bertz CT molecular complexity index is 339. The molecule has 0 amide bonds. The van der Waals surface area contributed by atoms with Crippen molar-refractivity contribution in [2.75, 3.05) is 11.9 Å². The zero-order chi connectivity index (χ0) is 12.1. The highest BCUT2D eigenvalue weighted by Gasteiger charge is 2.13. The predicted molar refractivity (Wildman–Crippen MR) is 72.1 cm³/mol. The van der Waals surface area contributed by atoms with Crippen LogP contribution >= 0.6 is 11.6 Å². The van der Waals surface area contributed by atoms with Crippen molar-refractivity contribution in [2.45, 2.75) is 39.3 Å². The molecule has 0 aliphatic heterocycles. The maximum absolute atomic E-state index is 6.15. The zero-order valence-electron chi connectivity index (χ0n) is 10.3. The van der Waals surface area contributed by atoms with Crippen molar-refractivity contribution in [3.8, 4) is 0 Å². The van der Waals surface area contributed by atoms with Gasteiger partial charge in [0.1, 0.15) is 0 Å². The normalized spacial score (nSPS) is 12.6. The van der Waals surface area contributed by atoms with Crippen LogP contribution in [-0.4, -0.2) is 13.1 Å². The third kappa shape index (κ3) is 2.89. The highest BCUT2D eigenvalue weighted by atomic mass is 35.5. The first-order chi connectivity index (χ1) is 7.61. The van der Waals surface area contributed by atoms with Crippen LogP contribution < -0.4 is 10.6 Å². The minimum Gasteiger partial charge on any atom is -0.372 e. The number of benzene rings is 1. The summed E-state index contributed by atoms with van der Waals surface area (Å²) in [4.78, 5) is 2.26. The molecule has 0 spiro atoms. The van der Waals surface area contributed by atoms with Crippen LogP contribution in [-0.2, 0) is 6.54 Å². The third-order valence-electron chi connectivity index (χ3n) is 3.05. The van der Waals surface area contributed by atoms with E-state index in [9.17, 15) is 0 Å². The van der Waals surface area contributed by atoms with Gasteiger partial charge in [0.05, 0.1) is 0 Å². The van der Waals surface area contributed by atoms with E-state index < -0.39 is 0 Å². The second-order valence-corrected chi connectivity index (χ2v) is 4.60. The molecule has 0 saturated heterocycles. The monoisotopic (exact) mass is 240 g/mol. The Hall–Kier alpha value is -0.730. The third-order valence-corrected chi connectivity index (χ3v) is 3.40. The van der Waals surface area contributed by atoms with Crippen LogP contribution in [0.4, 0.5) is 5.69 Å². The Balaban J connectivity index is 2.98. The highest BCUT2D eigenvalue weighted by molar-refractivity contribution is 6.31. The van der Waals surface area contributed by atoms with E-state index in [1.165, 1.54) is 12.8 Å². The number of hydrogen-bond donors (Lipinski definition) is 1. The van der Waals surface area contributed by atoms with Gasteiger partial charge in [-0.1, -0.05) is 31.0 Å². The van der Waals surface area contributed by atoms with Gasteiger partial charge < -0.3 is 10.6 Å². The molecule has 1 aromatic carbocycles. The van der Waals surface area contributed by atoms with Crippen molar-refractivity contribution in [3.05, 3.63) is 28.8 Å². The van der Waals surface area contributed by atoms with E-state index in [0.717, 1.165) is 16.3 Å². The van der Waals surface area contributed by atoms with Crippen LogP contribution in [0.3, 0.4) is 0 Å². The molecule has 90 valence electrons. The lowest BCUT2D eigenvalue weighted by Gasteiger charge is -2.29. The van der Waals surface area contributed by atoms with Crippen LogP contribution in [0, 0.1) is 0 Å². The quantitative estimate of drug-likeness (QED) is 0.855. The number of rotatable bonds is 5. The van der Waals surface area contributed by atoms with Crippen LogP contribution in [0.15, 0.2) is 18.2 Å². The van der Waals surface area contributed by atoms with Gasteiger partial charge in [-0.25, -0.2) is 0 Å². The predicted octanol–water partition coefficient (Wildman–Crippen LogP) is 3.42. The smallest absolute Gasteiger partial charge is 0.0471 e. The van der Waals surface area contributed by atoms with Gasteiger partial charge >= 0.3 is 0 Å². The maximum Gasteiger partial charge on any atom is 0.0471 e. The van der Waals surface area contributed by atoms with Crippen LogP contribution in [0.25, 0.3) is 0 Å². The second-order valence-electron chi connectivity index (χ2n) is 4.19. The Labute approximate surface area is 103 Å². The number of nitrogens with two attached hydrogens (primary N) is 1. The summed E-state index contributed by atoms with van der Waals surface area (Å²) in [6.07, 6.45) is 2.36. The van der Waals surface area contributed by atoms with Crippen molar-refractivity contribution in [1.82, 2.24) is 0 Å². The first kappa shape index (κ1) is 13.3. The summed E-state index contributed by atoms with van der Waals surface area (Å²) in [7, 11) is 2.10. The van der Waals surface area contributed by atoms with E-state index in [4.69, 9.17) is 17.3 Å². The van der Waals surface area contributed by atoms with Crippen molar-refractivity contribution < 1.29 is 0 Å². The van der Waals surface area contributed by atoms with Crippen LogP contribution in [0.1, 0.15) is 32.3 Å². The number of halogens is 1. The van der Waals surface area contributed by atoms with Gasteiger partial charge in [-0.3, -0.25) is 0 Å². The lowest BCUT2D eigenvalue weighted by molar-refractivity contribution is 0.614. The molecule has 3 heteroatoms. The second kappa shape index (κ2) is 6.12. The molecule has 0 aliphatic carbocycles. The van der Waals surface area contributed by atoms with Crippen LogP contribution in [0.5, 0.6) is 0 Å². The molecule has 0 fully saturated rings. The van der Waals surface area contributed by atoms with Crippen molar-refractivity contribution in [3.63, 3.8) is 0 Å². The molecule has 0 saturated carbocycles. The van der Waals surface area contributed by atoms with E-state index in [1.54, 1.807) is 0 Å². The van der Waals surface area contributed by atoms with Gasteiger partial charge in [-0.2, -0.15) is 0 Å². The molecular weight excluding hydrogens is 220 g/mol. The summed E-state index contributed by atoms with van der Waals surface area (Å²) in [5.74, 6) is 0. The van der Waals surface area contributed by atoms with Gasteiger partial charge in [0.2, 0.25) is 0 Å². The Morgan fingerprint density at radius 3 is 2.69 bits per heavy atom. The van der Waals surface area contributed by atoms with Crippen molar-refractivity contribution >= 4 is 17.3 Å². The summed E-state index contributed by atoms with van der Waals surface area (Å²) in [6, 6.07) is 6.46. The molecule has 0 aliphatic rings. The van der Waals surface area contributed by atoms with Gasteiger partial charge in [-0.15, -0.1) is 0 Å². The van der Waals surface area contributed by atoms with E-state index in [2.05, 4.69) is 31.9 Å². The average molecular weight is 241 g/mol. The van der Waals surface area contributed by atoms with E-state index in [0.29, 0.717) is 12.6 Å². The zero-order valence-corrected chi connectivity index (χ0v) is 11.1. The standard InChI is InChI=1S/C13H21ClN2/c1-4-6-10(2)16(3)13-8-5-7-12(14)11(13)9-15/h5,7-8,10H,4,6,9,15H2,1-3H3. The Morgan fingerprint density at radius 2 is 2.12 bits per heavy atom. The van der Waals surface area contributed by atoms with E-state index in [1.807, 2.05) is 12.1 Å². The largest absolute Gasteiger partial charge is 0.372 e. The fourth-order valence-corrected chi connectivity index (χ4v) is 2.18. The summed E-state index contributed by atoms with van der Waals surface area (Å²) in [5.41, 5.74) is 7.94. The van der Waals surface area contributed by atoms with Gasteiger partial charge in [-0.05, 0) is 25.5 Å². The molecular formula is C13H21ClN2. The molecule has 1 aromatic rings. The minimum absolute atomic E-state index is 0.484. The Morgan fingerprint density at radius 1 is 1.44 bits per heavy atom. The molecule has 0 bridgehead atoms. The van der Waals surface area contributed by atoms with E-state index in [-0.39, 0.29) is 0 Å². The molecule has 1 atom stereocenters. The van der Waals surface area contributed by atoms with Gasteiger partial charge in [0, 0.05) is 35.9 Å². The first-order valence-electron chi connectivity index (χ1n) is 5.82. The molecule has 1 rings (SSSR count). The van der Waals surface area contributed by atoms with Gasteiger partial charge in [0.25, 0.3) is 0 Å². The summed E-state index contributed by atoms with van der Waals surface area (Å²) in [6.45, 7) is 4.91. The fourth-order valence-electron chi connectivity index (χ4n) is 1.93. The van der Waals surface area contributed by atoms with Crippen LogP contribution in [0.2, 0.25) is 5.02 Å². The summed E-state index contributed by atoms with van der Waals surface area (Å²) in [5, 5.41) is 0.760. The molecule has 0 heterocycles. The topological polar surface area (TPSA) is 29.3 Å². The lowest BCUT2D eigenvalue weighted by Crippen LogP contribution is -2.29. The average Bonchev–Trinajstić information content (AvgIpc) is 2.28. The maximum atomic E-state index is 6.15. The summed E-state index contributed by atoms with van der Waals surface area (Å²) < 4.78 is 0. The molecule has 16 heavy (non-hydrogen) atoms. The molecule has 0 aromatic heterocycles. The fraction of sp³-hybridized carbons (Fsp3) is 0.538. The molecule has 1 unspecified atom stereocenters. The molecule has 2 nitrogen and oxygen atoms in total. The van der Waals surface area contributed by atoms with Crippen molar-refractivity contribution in [1.29, 1.82) is 0 Å². The first-order valence-corrected chi connectivity index (χ1v) is 6.19. The number of nitrogens with zero attached hydrogens (tertiary/aromatic N) is 1.